The molecule has 0 bridgehead atoms. The van der Waals surface area contributed by atoms with Crippen molar-refractivity contribution in [1.82, 2.24) is 0 Å². The first-order chi connectivity index (χ1) is 5.43. The molecule has 15 heavy (non-hydrogen) atoms. The summed E-state index contributed by atoms with van der Waals surface area (Å²) in [6, 6.07) is 0. The topological polar surface area (TPSA) is 112 Å². The van der Waals surface area contributed by atoms with Crippen molar-refractivity contribution in [1.29, 1.82) is 0 Å². The van der Waals surface area contributed by atoms with Gasteiger partial charge in [0.2, 0.25) is 0 Å². The molecule has 6 nitrogen and oxygen atoms in total. The molecule has 0 aromatic carbocycles. The summed E-state index contributed by atoms with van der Waals surface area (Å²) in [5.41, 5.74) is 0. The van der Waals surface area contributed by atoms with Gasteiger partial charge in [-0.15, -0.1) is 0 Å². The van der Waals surface area contributed by atoms with E-state index in [4.69, 9.17) is 15.3 Å². The molecule has 74 valence electrons. The first kappa shape index (κ1) is 26.8. The summed E-state index contributed by atoms with van der Waals surface area (Å²) in [5, 5.41) is 24.7. The fourth-order valence-corrected chi connectivity index (χ4v) is 0.668. The molecule has 0 aliphatic heterocycles. The van der Waals surface area contributed by atoms with E-state index in [2.05, 4.69) is 0 Å². The third-order valence-electron chi connectivity index (χ3n) is 1.19. The Balaban J connectivity index is -0.0000000403. The Hall–Kier alpha value is 3.32. The SMILES string of the molecule is O=C(O)CC(CC(=O)O)C(=O)O.[H-].[H-].[H-].[K+].[K+].[K+]. The van der Waals surface area contributed by atoms with Gasteiger partial charge in [0.25, 0.3) is 0 Å². The van der Waals surface area contributed by atoms with Crippen molar-refractivity contribution < 1.29 is 188 Å². The van der Waals surface area contributed by atoms with Crippen LogP contribution in [0.25, 0.3) is 0 Å². The van der Waals surface area contributed by atoms with Crippen LogP contribution in [0.4, 0.5) is 0 Å². The maximum atomic E-state index is 10.2. The van der Waals surface area contributed by atoms with Crippen molar-refractivity contribution in [2.75, 3.05) is 0 Å². The maximum Gasteiger partial charge on any atom is 1.00 e. The first-order valence-corrected chi connectivity index (χ1v) is 3.10. The molecule has 0 spiro atoms. The predicted molar refractivity (Wildman–Crippen MR) is 39.0 cm³/mol. The third-order valence-corrected chi connectivity index (χ3v) is 1.19. The number of rotatable bonds is 5. The molecular weight excluding hydrogens is 285 g/mol. The van der Waals surface area contributed by atoms with E-state index < -0.39 is 36.7 Å². The minimum absolute atomic E-state index is 0. The second-order valence-electron chi connectivity index (χ2n) is 2.23. The quantitative estimate of drug-likeness (QED) is 0.434. The summed E-state index contributed by atoms with van der Waals surface area (Å²) in [6.07, 6.45) is -1.33. The average Bonchev–Trinajstić information content (AvgIpc) is 1.83. The number of aliphatic carboxylic acids is 3. The van der Waals surface area contributed by atoms with E-state index in [9.17, 15) is 14.4 Å². The second-order valence-corrected chi connectivity index (χ2v) is 2.23. The zero-order valence-corrected chi connectivity index (χ0v) is 18.4. The molecule has 0 aromatic rings. The van der Waals surface area contributed by atoms with Crippen molar-refractivity contribution in [3.8, 4) is 0 Å². The van der Waals surface area contributed by atoms with Gasteiger partial charge in [-0.3, -0.25) is 14.4 Å². The number of hydrogen-bond acceptors (Lipinski definition) is 3. The van der Waals surface area contributed by atoms with Crippen molar-refractivity contribution >= 4 is 17.9 Å². The predicted octanol–water partition coefficient (Wildman–Crippen LogP) is -9.01. The largest absolute Gasteiger partial charge is 1.00 e. The maximum absolute atomic E-state index is 10.2. The van der Waals surface area contributed by atoms with Crippen molar-refractivity contribution in [2.45, 2.75) is 12.8 Å². The molecule has 3 N–H and O–H groups in total. The Morgan fingerprint density at radius 1 is 0.867 bits per heavy atom. The number of hydrogen-bond donors (Lipinski definition) is 3. The molecule has 0 aliphatic rings. The molecule has 0 saturated carbocycles. The van der Waals surface area contributed by atoms with Crippen LogP contribution in [0.2, 0.25) is 0 Å². The van der Waals surface area contributed by atoms with Gasteiger partial charge in [-0.1, -0.05) is 0 Å². The number of carboxylic acids is 3. The minimum atomic E-state index is -1.40. The van der Waals surface area contributed by atoms with E-state index >= 15 is 0 Å². The van der Waals surface area contributed by atoms with E-state index in [0.717, 1.165) is 0 Å². The molecule has 0 aromatic heterocycles. The van der Waals surface area contributed by atoms with Crippen LogP contribution in [0.5, 0.6) is 0 Å². The summed E-state index contributed by atoms with van der Waals surface area (Å²) in [6.45, 7) is 0. The van der Waals surface area contributed by atoms with E-state index in [1.165, 1.54) is 0 Å². The molecule has 9 heteroatoms. The molecule has 0 rings (SSSR count). The first-order valence-electron chi connectivity index (χ1n) is 3.10. The Labute approximate surface area is 219 Å². The van der Waals surface area contributed by atoms with E-state index in [0.29, 0.717) is 0 Å². The van der Waals surface area contributed by atoms with Gasteiger partial charge < -0.3 is 19.6 Å². The Morgan fingerprint density at radius 3 is 1.27 bits per heavy atom. The van der Waals surface area contributed by atoms with Gasteiger partial charge in [0.1, 0.15) is 0 Å². The van der Waals surface area contributed by atoms with Gasteiger partial charge in [-0.25, -0.2) is 0 Å². The molecule has 0 unspecified atom stereocenters. The van der Waals surface area contributed by atoms with Gasteiger partial charge in [-0.05, 0) is 0 Å². The van der Waals surface area contributed by atoms with E-state index in [1.54, 1.807) is 0 Å². The molecule has 0 amide bonds. The van der Waals surface area contributed by atoms with Crippen molar-refractivity contribution in [2.24, 2.45) is 5.92 Å². The molecular formula is C6H11K3O6. The fourth-order valence-electron chi connectivity index (χ4n) is 0.668. The molecule has 0 heterocycles. The van der Waals surface area contributed by atoms with Crippen LogP contribution < -0.4 is 154 Å². The van der Waals surface area contributed by atoms with Gasteiger partial charge >= 0.3 is 172 Å². The van der Waals surface area contributed by atoms with Crippen LogP contribution in [-0.4, -0.2) is 33.2 Å². The second kappa shape index (κ2) is 15.4. The summed E-state index contributed by atoms with van der Waals surface area (Å²) in [7, 11) is 0. The smallest absolute Gasteiger partial charge is 1.00 e. The van der Waals surface area contributed by atoms with Crippen LogP contribution >= 0.6 is 0 Å². The summed E-state index contributed by atoms with van der Waals surface area (Å²) < 4.78 is 0. The Bertz CT molecular complexity index is 215. The summed E-state index contributed by atoms with van der Waals surface area (Å²) in [5.74, 6) is -5.38. The standard InChI is InChI=1S/C6H8O6.3K.3H/c7-4(8)1-3(6(11)12)2-5(9)10;;;;;;/h3H,1-2H2,(H,7,8)(H,9,10)(H,11,12);;;;;;/q;3*+1;3*-1. The molecule has 0 saturated heterocycles. The van der Waals surface area contributed by atoms with Crippen LogP contribution in [0.15, 0.2) is 0 Å². The molecule has 0 atom stereocenters. The zero-order chi connectivity index (χ0) is 9.72. The van der Waals surface area contributed by atoms with Gasteiger partial charge in [-0.2, -0.15) is 0 Å². The van der Waals surface area contributed by atoms with E-state index in [-0.39, 0.29) is 158 Å². The Kier molecular flexibility index (Phi) is 27.5. The van der Waals surface area contributed by atoms with Crippen LogP contribution in [0.1, 0.15) is 17.1 Å². The van der Waals surface area contributed by atoms with Gasteiger partial charge in [0, 0.05) is 0 Å². The number of carbonyl (C=O) groups is 3. The molecule has 0 aliphatic carbocycles. The molecule has 0 radical (unpaired) electrons. The average molecular weight is 296 g/mol. The number of carboxylic acid groups (broad SMARTS) is 3. The zero-order valence-electron chi connectivity index (χ0n) is 12.1. The third kappa shape index (κ3) is 17.3. The van der Waals surface area contributed by atoms with Crippen LogP contribution in [0, 0.1) is 5.92 Å². The minimum Gasteiger partial charge on any atom is -1.00 e. The summed E-state index contributed by atoms with van der Waals surface area (Å²) in [4.78, 5) is 30.3. The Morgan fingerprint density at radius 2 is 1.13 bits per heavy atom. The van der Waals surface area contributed by atoms with Crippen LogP contribution in [0.3, 0.4) is 0 Å². The van der Waals surface area contributed by atoms with E-state index in [1.807, 2.05) is 0 Å². The van der Waals surface area contributed by atoms with Crippen molar-refractivity contribution in [3.05, 3.63) is 0 Å². The van der Waals surface area contributed by atoms with Gasteiger partial charge in [0.05, 0.1) is 18.8 Å². The fraction of sp³-hybridized carbons (Fsp3) is 0.500. The normalized spacial score (nSPS) is 7.80. The monoisotopic (exact) mass is 296 g/mol. The van der Waals surface area contributed by atoms with Gasteiger partial charge in [0.15, 0.2) is 0 Å². The van der Waals surface area contributed by atoms with Crippen molar-refractivity contribution in [3.63, 3.8) is 0 Å². The van der Waals surface area contributed by atoms with Crippen LogP contribution in [-0.2, 0) is 14.4 Å². The summed E-state index contributed by atoms with van der Waals surface area (Å²) >= 11 is 0. The molecule has 0 fully saturated rings.